The largest absolute Gasteiger partial charge is 0.324 e. The van der Waals surface area contributed by atoms with E-state index in [2.05, 4.69) is 47.2 Å². The Bertz CT molecular complexity index is 653. The standard InChI is InChI=1S/C17H18BrNOS/c1-11-4-6-14(7-5-11)21-10-17(20)19-16-9-13(3)12(2)8-15(16)18/h4-9H,10H2,1-3H3,(H,19,20). The van der Waals surface area contributed by atoms with Crippen molar-refractivity contribution in [3.63, 3.8) is 0 Å². The summed E-state index contributed by atoms with van der Waals surface area (Å²) in [6.07, 6.45) is 0. The van der Waals surface area contributed by atoms with Crippen LogP contribution in [0.25, 0.3) is 0 Å². The van der Waals surface area contributed by atoms with Crippen molar-refractivity contribution in [3.05, 3.63) is 57.6 Å². The zero-order chi connectivity index (χ0) is 15.4. The lowest BCUT2D eigenvalue weighted by Crippen LogP contribution is -2.14. The van der Waals surface area contributed by atoms with E-state index in [0.29, 0.717) is 5.75 Å². The van der Waals surface area contributed by atoms with Crippen molar-refractivity contribution >= 4 is 39.3 Å². The number of carbonyl (C=O) groups excluding carboxylic acids is 1. The van der Waals surface area contributed by atoms with Crippen LogP contribution < -0.4 is 5.32 Å². The molecule has 0 spiro atoms. The molecule has 0 atom stereocenters. The lowest BCUT2D eigenvalue weighted by molar-refractivity contribution is -0.113. The van der Waals surface area contributed by atoms with E-state index < -0.39 is 0 Å². The molecule has 0 aliphatic carbocycles. The van der Waals surface area contributed by atoms with E-state index in [0.717, 1.165) is 15.1 Å². The summed E-state index contributed by atoms with van der Waals surface area (Å²) in [5.74, 6) is 0.409. The summed E-state index contributed by atoms with van der Waals surface area (Å²) in [5.41, 5.74) is 4.42. The predicted molar refractivity (Wildman–Crippen MR) is 94.1 cm³/mol. The fourth-order valence-corrected chi connectivity index (χ4v) is 3.10. The fourth-order valence-electron chi connectivity index (χ4n) is 1.85. The van der Waals surface area contributed by atoms with Gasteiger partial charge in [-0.1, -0.05) is 17.7 Å². The number of hydrogen-bond donors (Lipinski definition) is 1. The number of rotatable bonds is 4. The number of benzene rings is 2. The molecule has 4 heteroatoms. The monoisotopic (exact) mass is 363 g/mol. The van der Waals surface area contributed by atoms with Crippen molar-refractivity contribution in [3.8, 4) is 0 Å². The number of carbonyl (C=O) groups is 1. The van der Waals surface area contributed by atoms with Crippen molar-refractivity contribution in [2.45, 2.75) is 25.7 Å². The third kappa shape index (κ3) is 4.61. The van der Waals surface area contributed by atoms with Gasteiger partial charge < -0.3 is 5.32 Å². The van der Waals surface area contributed by atoms with Crippen LogP contribution in [0.1, 0.15) is 16.7 Å². The summed E-state index contributed by atoms with van der Waals surface area (Å²) in [7, 11) is 0. The molecular formula is C17H18BrNOS. The zero-order valence-corrected chi connectivity index (χ0v) is 14.8. The van der Waals surface area contributed by atoms with E-state index in [-0.39, 0.29) is 5.91 Å². The molecule has 0 heterocycles. The third-order valence-corrected chi connectivity index (χ3v) is 4.92. The van der Waals surface area contributed by atoms with Crippen LogP contribution in [0, 0.1) is 20.8 Å². The molecule has 0 aromatic heterocycles. The highest BCUT2D eigenvalue weighted by molar-refractivity contribution is 9.10. The average molecular weight is 364 g/mol. The molecule has 0 unspecified atom stereocenters. The Morgan fingerprint density at radius 2 is 1.71 bits per heavy atom. The van der Waals surface area contributed by atoms with Crippen molar-refractivity contribution in [2.24, 2.45) is 0 Å². The predicted octanol–water partition coefficient (Wildman–Crippen LogP) is 5.11. The Morgan fingerprint density at radius 1 is 1.10 bits per heavy atom. The van der Waals surface area contributed by atoms with E-state index in [1.807, 2.05) is 31.2 Å². The van der Waals surface area contributed by atoms with Gasteiger partial charge in [-0.25, -0.2) is 0 Å². The van der Waals surface area contributed by atoms with E-state index in [4.69, 9.17) is 0 Å². The maximum atomic E-state index is 12.0. The van der Waals surface area contributed by atoms with Gasteiger partial charge >= 0.3 is 0 Å². The number of halogens is 1. The first-order chi connectivity index (χ1) is 9.95. The lowest BCUT2D eigenvalue weighted by Gasteiger charge is -2.10. The zero-order valence-electron chi connectivity index (χ0n) is 12.4. The summed E-state index contributed by atoms with van der Waals surface area (Å²) < 4.78 is 0.916. The second kappa shape index (κ2) is 7.14. The topological polar surface area (TPSA) is 29.1 Å². The van der Waals surface area contributed by atoms with Gasteiger partial charge in [0.25, 0.3) is 0 Å². The maximum absolute atomic E-state index is 12.0. The highest BCUT2D eigenvalue weighted by atomic mass is 79.9. The summed E-state index contributed by atoms with van der Waals surface area (Å²) in [6, 6.07) is 12.2. The number of hydrogen-bond acceptors (Lipinski definition) is 2. The Morgan fingerprint density at radius 3 is 2.38 bits per heavy atom. The molecule has 0 aliphatic heterocycles. The summed E-state index contributed by atoms with van der Waals surface area (Å²) >= 11 is 5.03. The number of amides is 1. The molecule has 2 rings (SSSR count). The second-order valence-electron chi connectivity index (χ2n) is 5.07. The van der Waals surface area contributed by atoms with E-state index in [9.17, 15) is 4.79 Å². The molecule has 0 fully saturated rings. The fraction of sp³-hybridized carbons (Fsp3) is 0.235. The van der Waals surface area contributed by atoms with Crippen LogP contribution in [0.4, 0.5) is 5.69 Å². The normalized spacial score (nSPS) is 10.5. The van der Waals surface area contributed by atoms with Gasteiger partial charge in [-0.2, -0.15) is 0 Å². The van der Waals surface area contributed by atoms with Crippen molar-refractivity contribution in [1.29, 1.82) is 0 Å². The quantitative estimate of drug-likeness (QED) is 0.765. The molecule has 21 heavy (non-hydrogen) atoms. The van der Waals surface area contributed by atoms with Gasteiger partial charge in [-0.15, -0.1) is 11.8 Å². The van der Waals surface area contributed by atoms with Crippen LogP contribution in [0.15, 0.2) is 45.8 Å². The Kier molecular flexibility index (Phi) is 5.48. The molecule has 0 saturated heterocycles. The highest BCUT2D eigenvalue weighted by Gasteiger charge is 2.08. The molecule has 0 radical (unpaired) electrons. The minimum Gasteiger partial charge on any atom is -0.324 e. The van der Waals surface area contributed by atoms with Crippen molar-refractivity contribution < 1.29 is 4.79 Å². The first-order valence-corrected chi connectivity index (χ1v) is 8.49. The molecule has 0 saturated carbocycles. The summed E-state index contributed by atoms with van der Waals surface area (Å²) in [5, 5.41) is 2.95. The molecule has 2 aromatic rings. The summed E-state index contributed by atoms with van der Waals surface area (Å²) in [6.45, 7) is 6.15. The van der Waals surface area contributed by atoms with Crippen molar-refractivity contribution in [1.82, 2.24) is 0 Å². The van der Waals surface area contributed by atoms with E-state index >= 15 is 0 Å². The SMILES string of the molecule is Cc1ccc(SCC(=O)Nc2cc(C)c(C)cc2Br)cc1. The number of nitrogens with one attached hydrogen (secondary N) is 1. The molecule has 0 bridgehead atoms. The van der Waals surface area contributed by atoms with Gasteiger partial charge in [0.1, 0.15) is 0 Å². The van der Waals surface area contributed by atoms with Gasteiger partial charge in [0.2, 0.25) is 5.91 Å². The molecule has 1 amide bonds. The third-order valence-electron chi connectivity index (χ3n) is 3.25. The first-order valence-electron chi connectivity index (χ1n) is 6.72. The minimum atomic E-state index is 0.00419. The van der Waals surface area contributed by atoms with Gasteiger partial charge in [0, 0.05) is 9.37 Å². The van der Waals surface area contributed by atoms with Gasteiger partial charge in [0.05, 0.1) is 11.4 Å². The molecule has 1 N–H and O–H groups in total. The van der Waals surface area contributed by atoms with Crippen LogP contribution in [0.2, 0.25) is 0 Å². The highest BCUT2D eigenvalue weighted by Crippen LogP contribution is 2.26. The van der Waals surface area contributed by atoms with Gasteiger partial charge in [-0.3, -0.25) is 4.79 Å². The smallest absolute Gasteiger partial charge is 0.234 e. The van der Waals surface area contributed by atoms with Crippen LogP contribution in [0.5, 0.6) is 0 Å². The molecule has 2 nitrogen and oxygen atoms in total. The first kappa shape index (κ1) is 16.1. The van der Waals surface area contributed by atoms with Crippen LogP contribution in [-0.2, 0) is 4.79 Å². The Balaban J connectivity index is 1.96. The van der Waals surface area contributed by atoms with Crippen LogP contribution in [0.3, 0.4) is 0 Å². The maximum Gasteiger partial charge on any atom is 0.234 e. The van der Waals surface area contributed by atoms with Crippen LogP contribution >= 0.6 is 27.7 Å². The summed E-state index contributed by atoms with van der Waals surface area (Å²) in [4.78, 5) is 13.2. The Hall–Kier alpha value is -1.26. The number of thioether (sulfide) groups is 1. The number of aryl methyl sites for hydroxylation is 3. The Labute approximate surface area is 138 Å². The molecule has 0 aliphatic rings. The van der Waals surface area contributed by atoms with Crippen LogP contribution in [-0.4, -0.2) is 11.7 Å². The number of anilines is 1. The van der Waals surface area contributed by atoms with Gasteiger partial charge in [-0.05, 0) is 72.1 Å². The van der Waals surface area contributed by atoms with Gasteiger partial charge in [0.15, 0.2) is 0 Å². The molecule has 110 valence electrons. The van der Waals surface area contributed by atoms with E-state index in [1.54, 1.807) is 11.8 Å². The molecule has 2 aromatic carbocycles. The minimum absolute atomic E-state index is 0.00419. The average Bonchev–Trinajstić information content (AvgIpc) is 2.44. The lowest BCUT2D eigenvalue weighted by atomic mass is 10.1. The second-order valence-corrected chi connectivity index (χ2v) is 6.97. The van der Waals surface area contributed by atoms with E-state index in [1.165, 1.54) is 16.7 Å². The molecular weight excluding hydrogens is 346 g/mol. The van der Waals surface area contributed by atoms with Crippen molar-refractivity contribution in [2.75, 3.05) is 11.1 Å².